The average molecular weight is 211 g/mol. The largest absolute Gasteiger partial charge is 0.337 e. The number of hydrogen-bond acceptors (Lipinski definition) is 3. The fraction of sp³-hybridized carbons (Fsp3) is 0.909. The standard InChI is InChI=1S/C11H21N3O/c1-12-6-5-10-11(15)14(9-3-4-9)8-7-13(10)2/h9-10,12H,3-8H2,1-2H3. The van der Waals surface area contributed by atoms with E-state index in [4.69, 9.17) is 0 Å². The lowest BCUT2D eigenvalue weighted by atomic mass is 10.1. The van der Waals surface area contributed by atoms with E-state index in [1.54, 1.807) is 0 Å². The van der Waals surface area contributed by atoms with Crippen molar-refractivity contribution < 1.29 is 4.79 Å². The highest BCUT2D eigenvalue weighted by Gasteiger charge is 2.39. The van der Waals surface area contributed by atoms with Crippen LogP contribution in [0.1, 0.15) is 19.3 Å². The molecule has 2 rings (SSSR count). The van der Waals surface area contributed by atoms with E-state index in [0.29, 0.717) is 11.9 Å². The van der Waals surface area contributed by atoms with Crippen LogP contribution in [0.3, 0.4) is 0 Å². The van der Waals surface area contributed by atoms with Gasteiger partial charge in [0.2, 0.25) is 5.91 Å². The molecule has 1 saturated heterocycles. The highest BCUT2D eigenvalue weighted by atomic mass is 16.2. The van der Waals surface area contributed by atoms with Crippen LogP contribution in [0.15, 0.2) is 0 Å². The van der Waals surface area contributed by atoms with Gasteiger partial charge < -0.3 is 10.2 Å². The lowest BCUT2D eigenvalue weighted by molar-refractivity contribution is -0.141. The fourth-order valence-electron chi connectivity index (χ4n) is 2.29. The fourth-order valence-corrected chi connectivity index (χ4v) is 2.29. The van der Waals surface area contributed by atoms with Crippen LogP contribution in [-0.4, -0.2) is 61.5 Å². The smallest absolute Gasteiger partial charge is 0.240 e. The quantitative estimate of drug-likeness (QED) is 0.705. The van der Waals surface area contributed by atoms with Crippen molar-refractivity contribution in [2.75, 3.05) is 33.7 Å². The maximum absolute atomic E-state index is 12.2. The molecule has 1 aliphatic carbocycles. The van der Waals surface area contributed by atoms with Gasteiger partial charge >= 0.3 is 0 Å². The monoisotopic (exact) mass is 211 g/mol. The van der Waals surface area contributed by atoms with Gasteiger partial charge in [0, 0.05) is 19.1 Å². The van der Waals surface area contributed by atoms with Crippen LogP contribution in [0, 0.1) is 0 Å². The second-order valence-corrected chi connectivity index (χ2v) is 4.65. The second-order valence-electron chi connectivity index (χ2n) is 4.65. The van der Waals surface area contributed by atoms with Gasteiger partial charge in [-0.2, -0.15) is 0 Å². The summed E-state index contributed by atoms with van der Waals surface area (Å²) in [5, 5.41) is 3.12. The first-order valence-corrected chi connectivity index (χ1v) is 5.89. The topological polar surface area (TPSA) is 35.6 Å². The van der Waals surface area contributed by atoms with E-state index in [9.17, 15) is 4.79 Å². The molecule has 4 nitrogen and oxygen atoms in total. The molecule has 0 bridgehead atoms. The van der Waals surface area contributed by atoms with E-state index in [1.165, 1.54) is 12.8 Å². The van der Waals surface area contributed by atoms with Gasteiger partial charge in [-0.1, -0.05) is 0 Å². The van der Waals surface area contributed by atoms with E-state index in [-0.39, 0.29) is 6.04 Å². The Hall–Kier alpha value is -0.610. The second kappa shape index (κ2) is 4.49. The van der Waals surface area contributed by atoms with Crippen molar-refractivity contribution in [3.8, 4) is 0 Å². The zero-order chi connectivity index (χ0) is 10.8. The summed E-state index contributed by atoms with van der Waals surface area (Å²) in [4.78, 5) is 16.5. The molecule has 0 aromatic rings. The van der Waals surface area contributed by atoms with Crippen LogP contribution in [-0.2, 0) is 4.79 Å². The van der Waals surface area contributed by atoms with Crippen molar-refractivity contribution in [1.82, 2.24) is 15.1 Å². The summed E-state index contributed by atoms with van der Waals surface area (Å²) >= 11 is 0. The van der Waals surface area contributed by atoms with Gasteiger partial charge in [-0.3, -0.25) is 9.69 Å². The Balaban J connectivity index is 1.95. The summed E-state index contributed by atoms with van der Waals surface area (Å²) in [6.45, 7) is 2.87. The molecule has 1 N–H and O–H groups in total. The predicted octanol–water partition coefficient (Wildman–Crippen LogP) is -0.0991. The van der Waals surface area contributed by atoms with E-state index < -0.39 is 0 Å². The third kappa shape index (κ3) is 2.32. The number of carbonyl (C=O) groups excluding carboxylic acids is 1. The predicted molar refractivity (Wildman–Crippen MR) is 59.7 cm³/mol. The summed E-state index contributed by atoms with van der Waals surface area (Å²) in [6.07, 6.45) is 3.36. The zero-order valence-electron chi connectivity index (χ0n) is 9.70. The molecule has 4 heteroatoms. The van der Waals surface area contributed by atoms with Crippen LogP contribution < -0.4 is 5.32 Å². The molecule has 1 unspecified atom stereocenters. The summed E-state index contributed by atoms with van der Waals surface area (Å²) in [7, 11) is 3.99. The van der Waals surface area contributed by atoms with Gasteiger partial charge in [-0.25, -0.2) is 0 Å². The maximum Gasteiger partial charge on any atom is 0.240 e. The Labute approximate surface area is 91.6 Å². The minimum Gasteiger partial charge on any atom is -0.337 e. The summed E-state index contributed by atoms with van der Waals surface area (Å²) < 4.78 is 0. The Morgan fingerprint density at radius 2 is 2.13 bits per heavy atom. The Bertz CT molecular complexity index is 240. The van der Waals surface area contributed by atoms with Gasteiger partial charge in [0.05, 0.1) is 6.04 Å². The molecule has 1 atom stereocenters. The zero-order valence-corrected chi connectivity index (χ0v) is 9.70. The summed E-state index contributed by atoms with van der Waals surface area (Å²) in [6, 6.07) is 0.676. The van der Waals surface area contributed by atoms with E-state index in [2.05, 4.69) is 22.2 Å². The molecule has 15 heavy (non-hydrogen) atoms. The van der Waals surface area contributed by atoms with E-state index in [1.807, 2.05) is 7.05 Å². The molecular formula is C11H21N3O. The van der Waals surface area contributed by atoms with Crippen molar-refractivity contribution in [2.24, 2.45) is 0 Å². The van der Waals surface area contributed by atoms with Crippen molar-refractivity contribution in [1.29, 1.82) is 0 Å². The number of likely N-dealkylation sites (N-methyl/N-ethyl adjacent to an activating group) is 1. The van der Waals surface area contributed by atoms with Crippen LogP contribution in [0.5, 0.6) is 0 Å². The van der Waals surface area contributed by atoms with E-state index >= 15 is 0 Å². The lowest BCUT2D eigenvalue weighted by Crippen LogP contribution is -2.56. The van der Waals surface area contributed by atoms with Crippen molar-refractivity contribution >= 4 is 5.91 Å². The van der Waals surface area contributed by atoms with Crippen LogP contribution >= 0.6 is 0 Å². The maximum atomic E-state index is 12.2. The molecular weight excluding hydrogens is 190 g/mol. The van der Waals surface area contributed by atoms with Crippen LogP contribution in [0.4, 0.5) is 0 Å². The lowest BCUT2D eigenvalue weighted by Gasteiger charge is -2.39. The van der Waals surface area contributed by atoms with Gasteiger partial charge in [0.1, 0.15) is 0 Å². The van der Waals surface area contributed by atoms with Crippen LogP contribution in [0.2, 0.25) is 0 Å². The first-order valence-electron chi connectivity index (χ1n) is 5.89. The normalized spacial score (nSPS) is 28.5. The van der Waals surface area contributed by atoms with Gasteiger partial charge in [0.25, 0.3) is 0 Å². The number of rotatable bonds is 4. The number of carbonyl (C=O) groups is 1. The molecule has 1 aliphatic heterocycles. The average Bonchev–Trinajstić information content (AvgIpc) is 3.01. The van der Waals surface area contributed by atoms with Gasteiger partial charge in [0.15, 0.2) is 0 Å². The van der Waals surface area contributed by atoms with Gasteiger partial charge in [-0.15, -0.1) is 0 Å². The summed E-state index contributed by atoms with van der Waals surface area (Å²) in [5.74, 6) is 0.349. The molecule has 86 valence electrons. The third-order valence-corrected chi connectivity index (χ3v) is 3.45. The number of hydrogen-bond donors (Lipinski definition) is 1. The highest BCUT2D eigenvalue weighted by Crippen LogP contribution is 2.29. The van der Waals surface area contributed by atoms with Crippen molar-refractivity contribution in [3.63, 3.8) is 0 Å². The number of amides is 1. The first-order chi connectivity index (χ1) is 7.24. The molecule has 0 aromatic heterocycles. The van der Waals surface area contributed by atoms with Gasteiger partial charge in [-0.05, 0) is 39.9 Å². The van der Waals surface area contributed by atoms with Crippen LogP contribution in [0.25, 0.3) is 0 Å². The molecule has 1 heterocycles. The highest BCUT2D eigenvalue weighted by molar-refractivity contribution is 5.83. The Morgan fingerprint density at radius 1 is 1.40 bits per heavy atom. The number of nitrogens with one attached hydrogen (secondary N) is 1. The SMILES string of the molecule is CNCCC1C(=O)N(C2CC2)CCN1C. The minimum absolute atomic E-state index is 0.104. The first kappa shape index (κ1) is 10.9. The summed E-state index contributed by atoms with van der Waals surface area (Å²) in [5.41, 5.74) is 0. The molecule has 1 saturated carbocycles. The number of nitrogens with zero attached hydrogens (tertiary/aromatic N) is 2. The Morgan fingerprint density at radius 3 is 2.73 bits per heavy atom. The van der Waals surface area contributed by atoms with E-state index in [0.717, 1.165) is 26.1 Å². The molecule has 2 aliphatic rings. The Kier molecular flexibility index (Phi) is 3.26. The number of piperazine rings is 1. The van der Waals surface area contributed by atoms with Crippen molar-refractivity contribution in [2.45, 2.75) is 31.3 Å². The molecule has 2 fully saturated rings. The minimum atomic E-state index is 0.104. The molecule has 1 amide bonds. The molecule has 0 spiro atoms. The third-order valence-electron chi connectivity index (χ3n) is 3.45. The van der Waals surface area contributed by atoms with Crippen molar-refractivity contribution in [3.05, 3.63) is 0 Å². The molecule has 0 aromatic carbocycles. The molecule has 0 radical (unpaired) electrons.